The Morgan fingerprint density at radius 3 is 2.34 bits per heavy atom. The monoisotopic (exact) mass is 546 g/mol. The summed E-state index contributed by atoms with van der Waals surface area (Å²) in [6.07, 6.45) is 3.33. The Hall–Kier alpha value is -0.780. The van der Waals surface area contributed by atoms with Gasteiger partial charge < -0.3 is 20.3 Å². The predicted octanol–water partition coefficient (Wildman–Crippen LogP) is 2.63. The Balaban J connectivity index is 0.00000784. The predicted molar refractivity (Wildman–Crippen MR) is 129 cm³/mol. The highest BCUT2D eigenvalue weighted by Crippen LogP contribution is 2.20. The summed E-state index contributed by atoms with van der Waals surface area (Å²) in [6.45, 7) is 12.4. The van der Waals surface area contributed by atoms with E-state index in [1.54, 1.807) is 4.90 Å². The number of sulfone groups is 1. The number of carbonyl (C=O) groups is 1. The molecule has 1 aliphatic heterocycles. The molecule has 0 radical (unpaired) electrons. The molecule has 0 saturated carbocycles. The topological polar surface area (TPSA) is 100 Å². The first-order valence-corrected chi connectivity index (χ1v) is 12.2. The number of nitrogens with zero attached hydrogens (tertiary/aromatic N) is 2. The zero-order valence-corrected chi connectivity index (χ0v) is 21.8. The summed E-state index contributed by atoms with van der Waals surface area (Å²) in [5, 5.41) is 6.48. The van der Waals surface area contributed by atoms with Crippen LogP contribution in [0.5, 0.6) is 0 Å². The minimum absolute atomic E-state index is 0. The molecule has 1 saturated heterocycles. The number of carbonyl (C=O) groups excluding carboxylic acids is 1. The lowest BCUT2D eigenvalue weighted by Crippen LogP contribution is -2.44. The van der Waals surface area contributed by atoms with Crippen LogP contribution in [0.1, 0.15) is 53.9 Å². The maximum absolute atomic E-state index is 12.1. The third-order valence-electron chi connectivity index (χ3n) is 4.42. The fourth-order valence-electron chi connectivity index (χ4n) is 2.86. The molecule has 1 aliphatic rings. The number of ether oxygens (including phenoxy) is 1. The van der Waals surface area contributed by atoms with E-state index in [-0.39, 0.29) is 41.9 Å². The van der Waals surface area contributed by atoms with Crippen molar-refractivity contribution in [2.45, 2.75) is 65.5 Å². The lowest BCUT2D eigenvalue weighted by Gasteiger charge is -2.33. The highest BCUT2D eigenvalue weighted by Gasteiger charge is 2.26. The molecule has 8 nitrogen and oxygen atoms in total. The van der Waals surface area contributed by atoms with Crippen LogP contribution in [-0.2, 0) is 14.6 Å². The molecule has 1 fully saturated rings. The van der Waals surface area contributed by atoms with Gasteiger partial charge in [-0.05, 0) is 59.8 Å². The van der Waals surface area contributed by atoms with Gasteiger partial charge in [-0.25, -0.2) is 13.2 Å². The molecule has 172 valence electrons. The molecule has 1 rings (SSSR count). The lowest BCUT2D eigenvalue weighted by atomic mass is 9.97. The van der Waals surface area contributed by atoms with Gasteiger partial charge in [0.2, 0.25) is 0 Å². The maximum atomic E-state index is 12.1. The third kappa shape index (κ3) is 13.2. The van der Waals surface area contributed by atoms with Crippen molar-refractivity contribution in [2.75, 3.05) is 38.2 Å². The average molecular weight is 547 g/mol. The summed E-state index contributed by atoms with van der Waals surface area (Å²) < 4.78 is 28.1. The molecule has 0 aliphatic carbocycles. The van der Waals surface area contributed by atoms with Crippen LogP contribution >= 0.6 is 24.0 Å². The van der Waals surface area contributed by atoms with Crippen LogP contribution < -0.4 is 10.6 Å². The van der Waals surface area contributed by atoms with Gasteiger partial charge in [0.15, 0.2) is 5.96 Å². The Kier molecular flexibility index (Phi) is 12.5. The number of hydrogen-bond acceptors (Lipinski definition) is 5. The van der Waals surface area contributed by atoms with Crippen LogP contribution in [0.3, 0.4) is 0 Å². The molecule has 29 heavy (non-hydrogen) atoms. The number of aliphatic imine (C=N–C) groups is 1. The largest absolute Gasteiger partial charge is 0.444 e. The van der Waals surface area contributed by atoms with Gasteiger partial charge in [0.05, 0.1) is 5.75 Å². The van der Waals surface area contributed by atoms with E-state index in [0.717, 1.165) is 19.4 Å². The molecule has 1 amide bonds. The van der Waals surface area contributed by atoms with Gasteiger partial charge in [-0.3, -0.25) is 4.99 Å². The molecule has 10 heteroatoms. The molecule has 1 unspecified atom stereocenters. The number of nitrogens with one attached hydrogen (secondary N) is 2. The van der Waals surface area contributed by atoms with Gasteiger partial charge in [-0.2, -0.15) is 0 Å². The van der Waals surface area contributed by atoms with Crippen LogP contribution in [-0.4, -0.2) is 75.2 Å². The van der Waals surface area contributed by atoms with Crippen molar-refractivity contribution in [1.29, 1.82) is 0 Å². The first-order chi connectivity index (χ1) is 12.9. The average Bonchev–Trinajstić information content (AvgIpc) is 2.56. The molecule has 0 bridgehead atoms. The van der Waals surface area contributed by atoms with Gasteiger partial charge in [-0.1, -0.05) is 0 Å². The van der Waals surface area contributed by atoms with Crippen molar-refractivity contribution >= 4 is 45.9 Å². The number of halogens is 1. The number of guanidine groups is 1. The van der Waals surface area contributed by atoms with Crippen molar-refractivity contribution in [2.24, 2.45) is 10.9 Å². The summed E-state index contributed by atoms with van der Waals surface area (Å²) in [7, 11) is -2.96. The summed E-state index contributed by atoms with van der Waals surface area (Å²) in [4.78, 5) is 18.6. The normalized spacial score (nSPS) is 17.3. The van der Waals surface area contributed by atoms with Crippen molar-refractivity contribution in [3.63, 3.8) is 0 Å². The van der Waals surface area contributed by atoms with Crippen molar-refractivity contribution in [1.82, 2.24) is 15.5 Å². The number of hydrogen-bond donors (Lipinski definition) is 2. The molecule has 0 aromatic carbocycles. The Morgan fingerprint density at radius 2 is 1.86 bits per heavy atom. The summed E-state index contributed by atoms with van der Waals surface area (Å²) in [5.41, 5.74) is -0.474. The molecule has 0 aromatic rings. The highest BCUT2D eigenvalue weighted by atomic mass is 127. The first kappa shape index (κ1) is 28.2. The lowest BCUT2D eigenvalue weighted by molar-refractivity contribution is 0.0187. The quantitative estimate of drug-likeness (QED) is 0.290. The van der Waals surface area contributed by atoms with E-state index >= 15 is 0 Å². The highest BCUT2D eigenvalue weighted by molar-refractivity contribution is 14.0. The van der Waals surface area contributed by atoms with E-state index in [1.165, 1.54) is 6.26 Å². The minimum atomic E-state index is -2.96. The van der Waals surface area contributed by atoms with E-state index in [1.807, 2.05) is 34.6 Å². The number of amides is 1. The fraction of sp³-hybridized carbons (Fsp3) is 0.895. The molecular formula is C19H39IN4O4S. The van der Waals surface area contributed by atoms with Crippen molar-refractivity contribution < 1.29 is 17.9 Å². The number of piperidine rings is 1. The Morgan fingerprint density at radius 1 is 1.28 bits per heavy atom. The van der Waals surface area contributed by atoms with E-state index in [9.17, 15) is 13.2 Å². The van der Waals surface area contributed by atoms with Gasteiger partial charge in [0.25, 0.3) is 0 Å². The zero-order chi connectivity index (χ0) is 21.4. The standard InChI is InChI=1S/C19H38N4O4S.HI/c1-7-20-17(22-15(2)10-13-28(6,25)26)21-14-16-8-11-23(12-9-16)18(24)27-19(3,4)5;/h15-16H,7-14H2,1-6H3,(H2,20,21,22);1H. The summed E-state index contributed by atoms with van der Waals surface area (Å²) >= 11 is 0. The summed E-state index contributed by atoms with van der Waals surface area (Å²) in [5.74, 6) is 1.28. The first-order valence-electron chi connectivity index (χ1n) is 10.1. The van der Waals surface area contributed by atoms with Crippen LogP contribution in [0.4, 0.5) is 4.79 Å². The van der Waals surface area contributed by atoms with Crippen molar-refractivity contribution in [3.05, 3.63) is 0 Å². The minimum Gasteiger partial charge on any atom is -0.444 e. The smallest absolute Gasteiger partial charge is 0.410 e. The van der Waals surface area contributed by atoms with Crippen LogP contribution in [0.2, 0.25) is 0 Å². The van der Waals surface area contributed by atoms with Gasteiger partial charge >= 0.3 is 6.09 Å². The van der Waals surface area contributed by atoms with Crippen LogP contribution in [0.25, 0.3) is 0 Å². The van der Waals surface area contributed by atoms with Gasteiger partial charge in [0, 0.05) is 38.5 Å². The van der Waals surface area contributed by atoms with E-state index < -0.39 is 15.4 Å². The van der Waals surface area contributed by atoms with Gasteiger partial charge in [-0.15, -0.1) is 24.0 Å². The number of likely N-dealkylation sites (tertiary alicyclic amines) is 1. The third-order valence-corrected chi connectivity index (χ3v) is 5.40. The maximum Gasteiger partial charge on any atom is 0.410 e. The zero-order valence-electron chi connectivity index (χ0n) is 18.7. The van der Waals surface area contributed by atoms with Crippen molar-refractivity contribution in [3.8, 4) is 0 Å². The number of rotatable bonds is 7. The Bertz CT molecular complexity index is 627. The van der Waals surface area contributed by atoms with Crippen LogP contribution in [0, 0.1) is 5.92 Å². The fourth-order valence-corrected chi connectivity index (χ4v) is 3.64. The van der Waals surface area contributed by atoms with E-state index in [0.29, 0.717) is 37.9 Å². The molecule has 1 heterocycles. The second kappa shape index (κ2) is 12.8. The molecular weight excluding hydrogens is 507 g/mol. The molecule has 1 atom stereocenters. The second-order valence-electron chi connectivity index (χ2n) is 8.59. The van der Waals surface area contributed by atoms with Gasteiger partial charge in [0.1, 0.15) is 15.4 Å². The molecule has 0 spiro atoms. The Labute approximate surface area is 193 Å². The van der Waals surface area contributed by atoms with Crippen LogP contribution in [0.15, 0.2) is 4.99 Å². The summed E-state index contributed by atoms with van der Waals surface area (Å²) in [6, 6.07) is 0.0153. The second-order valence-corrected chi connectivity index (χ2v) is 10.9. The SMILES string of the molecule is CCNC(=NCC1CCN(C(=O)OC(C)(C)C)CC1)NC(C)CCS(C)(=O)=O.I. The molecule has 0 aromatic heterocycles. The van der Waals surface area contributed by atoms with E-state index in [2.05, 4.69) is 15.6 Å². The van der Waals surface area contributed by atoms with E-state index in [4.69, 9.17) is 4.74 Å². The molecule has 2 N–H and O–H groups in total.